The van der Waals surface area contributed by atoms with Gasteiger partial charge in [-0.25, -0.2) is 9.07 Å². The lowest BCUT2D eigenvalue weighted by Gasteiger charge is -2.36. The van der Waals surface area contributed by atoms with Gasteiger partial charge in [0.25, 0.3) is 5.91 Å². The number of fused-ring (bicyclic) bond motifs is 1. The van der Waals surface area contributed by atoms with Gasteiger partial charge in [0, 0.05) is 37.1 Å². The minimum absolute atomic E-state index is 0.157. The topological polar surface area (TPSA) is 56.6 Å². The summed E-state index contributed by atoms with van der Waals surface area (Å²) in [6.45, 7) is 1.21. The number of alkyl halides is 3. The lowest BCUT2D eigenvalue weighted by molar-refractivity contribution is -0.137. The van der Waals surface area contributed by atoms with E-state index in [2.05, 4.69) is 5.10 Å². The standard InChI is InChI=1S/C30H25F4N3O3/c31-22-10-11-26(40-18-19-4-2-1-3-5-19)25(16-22)36-17-24-27(35-36)29(38)37(23-12-14-39-15-13-23)28(24)20-6-8-21(9-7-20)30(32,33)34/h1-11,16-17,23,28H,12-15,18H2. The van der Waals surface area contributed by atoms with Crippen molar-refractivity contribution in [1.29, 1.82) is 0 Å². The third-order valence-electron chi connectivity index (χ3n) is 7.30. The van der Waals surface area contributed by atoms with E-state index in [-0.39, 0.29) is 24.2 Å². The zero-order valence-corrected chi connectivity index (χ0v) is 21.3. The van der Waals surface area contributed by atoms with E-state index in [1.54, 1.807) is 11.1 Å². The van der Waals surface area contributed by atoms with E-state index in [4.69, 9.17) is 9.47 Å². The second-order valence-corrected chi connectivity index (χ2v) is 9.84. The molecule has 0 bridgehead atoms. The molecule has 10 heteroatoms. The summed E-state index contributed by atoms with van der Waals surface area (Å²) in [7, 11) is 0. The maximum Gasteiger partial charge on any atom is 0.416 e. The molecule has 1 saturated heterocycles. The smallest absolute Gasteiger partial charge is 0.416 e. The minimum atomic E-state index is -4.48. The largest absolute Gasteiger partial charge is 0.487 e. The molecule has 2 aliphatic rings. The van der Waals surface area contributed by atoms with Crippen LogP contribution < -0.4 is 4.74 Å². The molecule has 0 N–H and O–H groups in total. The van der Waals surface area contributed by atoms with Crippen LogP contribution in [0.4, 0.5) is 17.6 Å². The highest BCUT2D eigenvalue weighted by atomic mass is 19.4. The summed E-state index contributed by atoms with van der Waals surface area (Å²) in [6, 6.07) is 17.6. The average molecular weight is 552 g/mol. The zero-order chi connectivity index (χ0) is 27.9. The number of rotatable bonds is 6. The highest BCUT2D eigenvalue weighted by molar-refractivity contribution is 5.98. The number of aromatic nitrogens is 2. The van der Waals surface area contributed by atoms with Crippen molar-refractivity contribution in [1.82, 2.24) is 14.7 Å². The molecule has 1 atom stereocenters. The quantitative estimate of drug-likeness (QED) is 0.263. The Balaban J connectivity index is 1.39. The molecule has 40 heavy (non-hydrogen) atoms. The molecule has 6 nitrogen and oxygen atoms in total. The van der Waals surface area contributed by atoms with Crippen molar-refractivity contribution in [3.8, 4) is 11.4 Å². The predicted octanol–water partition coefficient (Wildman–Crippen LogP) is 6.33. The highest BCUT2D eigenvalue weighted by Crippen LogP contribution is 2.43. The van der Waals surface area contributed by atoms with E-state index in [1.807, 2.05) is 30.3 Å². The van der Waals surface area contributed by atoms with Gasteiger partial charge in [0.1, 0.15) is 23.9 Å². The van der Waals surface area contributed by atoms with Crippen molar-refractivity contribution < 1.29 is 31.8 Å². The fourth-order valence-electron chi connectivity index (χ4n) is 5.33. The van der Waals surface area contributed by atoms with Crippen LogP contribution in [0.25, 0.3) is 5.69 Å². The summed E-state index contributed by atoms with van der Waals surface area (Å²) in [5.41, 5.74) is 1.71. The Morgan fingerprint density at radius 3 is 2.40 bits per heavy atom. The predicted molar refractivity (Wildman–Crippen MR) is 138 cm³/mol. The maximum atomic E-state index is 14.4. The Morgan fingerprint density at radius 1 is 0.975 bits per heavy atom. The Kier molecular flexibility index (Phi) is 6.79. The first-order valence-corrected chi connectivity index (χ1v) is 12.9. The van der Waals surface area contributed by atoms with E-state index < -0.39 is 23.6 Å². The van der Waals surface area contributed by atoms with Gasteiger partial charge in [-0.3, -0.25) is 4.79 Å². The molecule has 206 valence electrons. The molecule has 1 fully saturated rings. The first kappa shape index (κ1) is 26.1. The summed E-state index contributed by atoms with van der Waals surface area (Å²) in [6.07, 6.45) is -1.63. The molecule has 0 aliphatic carbocycles. The van der Waals surface area contributed by atoms with Gasteiger partial charge in [-0.05, 0) is 48.2 Å². The second-order valence-electron chi connectivity index (χ2n) is 9.84. The van der Waals surface area contributed by atoms with E-state index in [0.29, 0.717) is 48.6 Å². The number of nitrogens with zero attached hydrogens (tertiary/aromatic N) is 3. The number of halogens is 4. The summed E-state index contributed by atoms with van der Waals surface area (Å²) >= 11 is 0. The Labute approximate surface area is 227 Å². The highest BCUT2D eigenvalue weighted by Gasteiger charge is 2.45. The molecular weight excluding hydrogens is 526 g/mol. The van der Waals surface area contributed by atoms with Gasteiger partial charge in [-0.15, -0.1) is 0 Å². The first-order valence-electron chi connectivity index (χ1n) is 12.9. The molecule has 3 heterocycles. The molecule has 1 unspecified atom stereocenters. The van der Waals surface area contributed by atoms with Crippen molar-refractivity contribution in [2.75, 3.05) is 13.2 Å². The van der Waals surface area contributed by atoms with Crippen LogP contribution in [0, 0.1) is 5.82 Å². The second kappa shape index (κ2) is 10.4. The fraction of sp³-hybridized carbons (Fsp3) is 0.267. The Hall–Kier alpha value is -4.18. The number of hydrogen-bond acceptors (Lipinski definition) is 4. The average Bonchev–Trinajstić information content (AvgIpc) is 3.51. The lowest BCUT2D eigenvalue weighted by atomic mass is 9.97. The lowest BCUT2D eigenvalue weighted by Crippen LogP contribution is -2.42. The van der Waals surface area contributed by atoms with E-state index in [9.17, 15) is 22.4 Å². The number of ether oxygens (including phenoxy) is 2. The van der Waals surface area contributed by atoms with Crippen LogP contribution in [0.2, 0.25) is 0 Å². The zero-order valence-electron chi connectivity index (χ0n) is 21.3. The van der Waals surface area contributed by atoms with Gasteiger partial charge in [0.15, 0.2) is 5.69 Å². The van der Waals surface area contributed by atoms with Crippen molar-refractivity contribution >= 4 is 5.91 Å². The van der Waals surface area contributed by atoms with Gasteiger partial charge >= 0.3 is 6.18 Å². The Bertz CT molecular complexity index is 1510. The van der Waals surface area contributed by atoms with Gasteiger partial charge in [-0.2, -0.15) is 18.3 Å². The maximum absolute atomic E-state index is 14.4. The van der Waals surface area contributed by atoms with Gasteiger partial charge in [0.05, 0.1) is 11.6 Å². The summed E-state index contributed by atoms with van der Waals surface area (Å²) in [5, 5.41) is 4.54. The molecule has 4 aromatic rings. The molecule has 0 radical (unpaired) electrons. The molecule has 0 spiro atoms. The van der Waals surface area contributed by atoms with Crippen LogP contribution in [0.3, 0.4) is 0 Å². The molecule has 6 rings (SSSR count). The molecule has 2 aliphatic heterocycles. The number of carbonyl (C=O) groups excluding carboxylic acids is 1. The number of amides is 1. The van der Waals surface area contributed by atoms with Crippen molar-refractivity contribution in [2.45, 2.75) is 37.7 Å². The van der Waals surface area contributed by atoms with Crippen LogP contribution in [0.5, 0.6) is 5.75 Å². The van der Waals surface area contributed by atoms with Crippen molar-refractivity contribution in [3.63, 3.8) is 0 Å². The molecule has 3 aromatic carbocycles. The van der Waals surface area contributed by atoms with Crippen LogP contribution in [-0.2, 0) is 17.5 Å². The SMILES string of the molecule is O=C1c2nn(-c3cc(F)ccc3OCc3ccccc3)cc2C(c2ccc(C(F)(F)F)cc2)N1C1CCOCC1. The van der Waals surface area contributed by atoms with Gasteiger partial charge in [0.2, 0.25) is 0 Å². The van der Waals surface area contributed by atoms with Gasteiger partial charge < -0.3 is 14.4 Å². The third-order valence-corrected chi connectivity index (χ3v) is 7.30. The van der Waals surface area contributed by atoms with Gasteiger partial charge in [-0.1, -0.05) is 42.5 Å². The number of hydrogen-bond donors (Lipinski definition) is 0. The van der Waals surface area contributed by atoms with Crippen LogP contribution in [0.15, 0.2) is 79.0 Å². The van der Waals surface area contributed by atoms with Crippen molar-refractivity contribution in [2.24, 2.45) is 0 Å². The molecule has 0 saturated carbocycles. The van der Waals surface area contributed by atoms with E-state index in [0.717, 1.165) is 17.7 Å². The number of benzene rings is 3. The van der Waals surface area contributed by atoms with Crippen molar-refractivity contribution in [3.05, 3.63) is 113 Å². The summed E-state index contributed by atoms with van der Waals surface area (Å²) in [4.78, 5) is 15.4. The third kappa shape index (κ3) is 4.95. The van der Waals surface area contributed by atoms with E-state index >= 15 is 0 Å². The van der Waals surface area contributed by atoms with Crippen LogP contribution in [0.1, 0.15) is 51.6 Å². The van der Waals surface area contributed by atoms with E-state index in [1.165, 1.54) is 35.0 Å². The summed E-state index contributed by atoms with van der Waals surface area (Å²) < 4.78 is 67.0. The summed E-state index contributed by atoms with van der Waals surface area (Å²) in [5.74, 6) is -0.466. The molecule has 1 aromatic heterocycles. The number of carbonyl (C=O) groups is 1. The molecule has 1 amide bonds. The first-order chi connectivity index (χ1) is 19.3. The molecular formula is C30H25F4N3O3. The normalized spacial score (nSPS) is 17.8. The van der Waals surface area contributed by atoms with Crippen LogP contribution in [-0.4, -0.2) is 39.8 Å². The fourth-order valence-corrected chi connectivity index (χ4v) is 5.33. The monoisotopic (exact) mass is 551 g/mol. The minimum Gasteiger partial charge on any atom is -0.487 e. The Morgan fingerprint density at radius 2 is 1.70 bits per heavy atom. The van der Waals surface area contributed by atoms with Crippen LogP contribution >= 0.6 is 0 Å².